The fourth-order valence-electron chi connectivity index (χ4n) is 2.16. The number of carbonyl (C=O) groups is 4. The molecule has 13 heteroatoms. The highest BCUT2D eigenvalue weighted by atomic mass is 16.4. The zero-order valence-corrected chi connectivity index (χ0v) is 16.6. The Morgan fingerprint density at radius 2 is 1.69 bits per heavy atom. The summed E-state index contributed by atoms with van der Waals surface area (Å²) in [6.07, 6.45) is 0.413. The molecule has 0 heterocycles. The topological polar surface area (TPSA) is 235 Å². The molecule has 0 radical (unpaired) electrons. The van der Waals surface area contributed by atoms with Gasteiger partial charge in [0, 0.05) is 6.54 Å². The van der Waals surface area contributed by atoms with Crippen LogP contribution in [0.5, 0.6) is 0 Å². The number of carboxylic acids is 1. The molecule has 0 aromatic carbocycles. The summed E-state index contributed by atoms with van der Waals surface area (Å²) in [6.45, 7) is 2.51. The van der Waals surface area contributed by atoms with Crippen LogP contribution in [0.4, 0.5) is 0 Å². The molecule has 0 aliphatic rings. The molecule has 3 atom stereocenters. The predicted octanol–water partition coefficient (Wildman–Crippen LogP) is -3.81. The van der Waals surface area contributed by atoms with E-state index in [2.05, 4.69) is 20.9 Å². The van der Waals surface area contributed by atoms with Gasteiger partial charge in [0.2, 0.25) is 17.7 Å². The zero-order valence-electron chi connectivity index (χ0n) is 16.6. The Kier molecular flexibility index (Phi) is 11.9. The van der Waals surface area contributed by atoms with E-state index in [4.69, 9.17) is 22.3 Å². The Morgan fingerprint density at radius 1 is 1.07 bits per heavy atom. The van der Waals surface area contributed by atoms with Crippen molar-refractivity contribution in [3.8, 4) is 0 Å². The van der Waals surface area contributed by atoms with Crippen LogP contribution in [0.1, 0.15) is 26.7 Å². The second-order valence-corrected chi connectivity index (χ2v) is 6.64. The first-order valence-corrected chi connectivity index (χ1v) is 9.01. The van der Waals surface area contributed by atoms with Crippen molar-refractivity contribution in [2.45, 2.75) is 44.8 Å². The Labute approximate surface area is 168 Å². The summed E-state index contributed by atoms with van der Waals surface area (Å²) in [7, 11) is 0. The number of nitrogens with one attached hydrogen (secondary N) is 3. The highest BCUT2D eigenvalue weighted by molar-refractivity contribution is 5.92. The molecule has 0 spiro atoms. The van der Waals surface area contributed by atoms with E-state index in [0.717, 1.165) is 0 Å². The quantitative estimate of drug-likeness (QED) is 0.0831. The number of carbonyl (C=O) groups excluding carboxylic acids is 3. The van der Waals surface area contributed by atoms with E-state index >= 15 is 0 Å². The Balaban J connectivity index is 4.80. The number of carboxylic acid groups (broad SMARTS) is 1. The van der Waals surface area contributed by atoms with E-state index in [9.17, 15) is 24.3 Å². The molecule has 166 valence electrons. The lowest BCUT2D eigenvalue weighted by Crippen LogP contribution is -2.55. The van der Waals surface area contributed by atoms with Gasteiger partial charge < -0.3 is 43.4 Å². The van der Waals surface area contributed by atoms with Gasteiger partial charge in [-0.3, -0.25) is 19.4 Å². The van der Waals surface area contributed by atoms with Gasteiger partial charge in [0.1, 0.15) is 18.1 Å². The third kappa shape index (κ3) is 10.8. The number of nitrogens with zero attached hydrogens (tertiary/aromatic N) is 1. The summed E-state index contributed by atoms with van der Waals surface area (Å²) >= 11 is 0. The molecule has 0 saturated heterocycles. The third-order valence-electron chi connectivity index (χ3n) is 3.78. The van der Waals surface area contributed by atoms with Gasteiger partial charge in [0.15, 0.2) is 5.96 Å². The summed E-state index contributed by atoms with van der Waals surface area (Å²) in [6, 6.07) is -3.37. The van der Waals surface area contributed by atoms with Crippen LogP contribution in [0, 0.1) is 5.92 Å². The summed E-state index contributed by atoms with van der Waals surface area (Å²) in [4.78, 5) is 51.1. The number of hydrogen-bond donors (Lipinski definition) is 8. The minimum absolute atomic E-state index is 0.0890. The molecule has 0 bridgehead atoms. The summed E-state index contributed by atoms with van der Waals surface area (Å²) in [5, 5.41) is 25.1. The molecule has 13 nitrogen and oxygen atoms in total. The molecule has 0 aliphatic carbocycles. The lowest BCUT2D eigenvalue weighted by atomic mass is 10.0. The molecule has 3 amide bonds. The summed E-state index contributed by atoms with van der Waals surface area (Å²) in [5.74, 6) is -3.78. The van der Waals surface area contributed by atoms with Crippen LogP contribution < -0.4 is 33.2 Å². The zero-order chi connectivity index (χ0) is 22.6. The van der Waals surface area contributed by atoms with Crippen LogP contribution in [0.25, 0.3) is 0 Å². The van der Waals surface area contributed by atoms with E-state index in [1.165, 1.54) is 0 Å². The third-order valence-corrected chi connectivity index (χ3v) is 3.78. The number of amides is 3. The largest absolute Gasteiger partial charge is 0.480 e. The van der Waals surface area contributed by atoms with Crippen LogP contribution in [0.3, 0.4) is 0 Å². The molecular formula is C16H31N7O6. The fourth-order valence-corrected chi connectivity index (χ4v) is 2.16. The lowest BCUT2D eigenvalue weighted by Gasteiger charge is -2.24. The molecule has 0 fully saturated rings. The number of guanidine groups is 1. The number of aliphatic hydroxyl groups is 1. The van der Waals surface area contributed by atoms with Gasteiger partial charge in [-0.25, -0.2) is 4.79 Å². The Morgan fingerprint density at radius 3 is 2.17 bits per heavy atom. The van der Waals surface area contributed by atoms with Crippen molar-refractivity contribution in [1.29, 1.82) is 0 Å². The maximum Gasteiger partial charge on any atom is 0.326 e. The van der Waals surface area contributed by atoms with Crippen LogP contribution in [0.15, 0.2) is 4.99 Å². The minimum Gasteiger partial charge on any atom is -0.480 e. The van der Waals surface area contributed by atoms with Gasteiger partial charge >= 0.3 is 5.97 Å². The Bertz CT molecular complexity index is 607. The fraction of sp³-hybridized carbons (Fsp3) is 0.688. The lowest BCUT2D eigenvalue weighted by molar-refractivity contribution is -0.142. The average molecular weight is 417 g/mol. The first kappa shape index (κ1) is 26.1. The number of rotatable bonds is 13. The van der Waals surface area contributed by atoms with Crippen molar-refractivity contribution >= 4 is 29.7 Å². The van der Waals surface area contributed by atoms with Crippen molar-refractivity contribution in [2.24, 2.45) is 28.1 Å². The van der Waals surface area contributed by atoms with Gasteiger partial charge in [-0.1, -0.05) is 13.8 Å². The highest BCUT2D eigenvalue weighted by Crippen LogP contribution is 2.05. The predicted molar refractivity (Wildman–Crippen MR) is 104 cm³/mol. The van der Waals surface area contributed by atoms with Crippen molar-refractivity contribution in [1.82, 2.24) is 16.0 Å². The van der Waals surface area contributed by atoms with E-state index in [1.54, 1.807) is 13.8 Å². The second kappa shape index (κ2) is 13.3. The van der Waals surface area contributed by atoms with Crippen molar-refractivity contribution in [3.63, 3.8) is 0 Å². The first-order chi connectivity index (χ1) is 13.5. The molecule has 0 aromatic heterocycles. The van der Waals surface area contributed by atoms with Gasteiger partial charge in [-0.2, -0.15) is 0 Å². The van der Waals surface area contributed by atoms with E-state index < -0.39 is 55.0 Å². The monoisotopic (exact) mass is 417 g/mol. The van der Waals surface area contributed by atoms with Gasteiger partial charge in [-0.15, -0.1) is 0 Å². The number of aliphatic hydroxyl groups excluding tert-OH is 1. The van der Waals surface area contributed by atoms with E-state index in [-0.39, 0.29) is 24.8 Å². The van der Waals surface area contributed by atoms with Gasteiger partial charge in [-0.05, 0) is 18.8 Å². The van der Waals surface area contributed by atoms with Crippen molar-refractivity contribution in [2.75, 3.05) is 19.7 Å². The van der Waals surface area contributed by atoms with E-state index in [0.29, 0.717) is 6.42 Å². The average Bonchev–Trinajstić information content (AvgIpc) is 2.64. The van der Waals surface area contributed by atoms with Gasteiger partial charge in [0.25, 0.3) is 0 Å². The standard InChI is InChI=1S/C16H31N7O6/c1-8(2)12(23-11(25)6-21-13(26)9(17)7-24)14(27)22-10(15(28)29)4-3-5-20-16(18)19/h8-10,12,24H,3-7,17H2,1-2H3,(H,21,26)(H,22,27)(H,23,25)(H,28,29)(H4,18,19,20). The molecule has 0 saturated carbocycles. The molecule has 0 aromatic rings. The molecule has 0 aliphatic heterocycles. The number of aliphatic carboxylic acids is 1. The SMILES string of the molecule is CC(C)C(NC(=O)CNC(=O)C(N)CO)C(=O)NC(CCCN=C(N)N)C(=O)O. The highest BCUT2D eigenvalue weighted by Gasteiger charge is 2.28. The van der Waals surface area contributed by atoms with Crippen LogP contribution in [-0.2, 0) is 19.2 Å². The molecule has 0 rings (SSSR count). The smallest absolute Gasteiger partial charge is 0.326 e. The van der Waals surface area contributed by atoms with Crippen LogP contribution >= 0.6 is 0 Å². The van der Waals surface area contributed by atoms with Crippen LogP contribution in [0.2, 0.25) is 0 Å². The molecule has 29 heavy (non-hydrogen) atoms. The minimum atomic E-state index is -1.23. The summed E-state index contributed by atoms with van der Waals surface area (Å²) in [5.41, 5.74) is 15.7. The van der Waals surface area contributed by atoms with Crippen molar-refractivity contribution < 1.29 is 29.4 Å². The molecule has 11 N–H and O–H groups in total. The van der Waals surface area contributed by atoms with E-state index in [1.807, 2.05) is 0 Å². The summed E-state index contributed by atoms with van der Waals surface area (Å²) < 4.78 is 0. The first-order valence-electron chi connectivity index (χ1n) is 9.01. The number of nitrogens with two attached hydrogens (primary N) is 3. The molecular weight excluding hydrogens is 386 g/mol. The number of aliphatic imine (C=N–C) groups is 1. The maximum absolute atomic E-state index is 12.5. The normalized spacial score (nSPS) is 13.7. The Hall–Kier alpha value is -2.93. The van der Waals surface area contributed by atoms with Gasteiger partial charge in [0.05, 0.1) is 13.2 Å². The maximum atomic E-state index is 12.5. The molecule has 3 unspecified atom stereocenters. The second-order valence-electron chi connectivity index (χ2n) is 6.64. The van der Waals surface area contributed by atoms with Crippen LogP contribution in [-0.4, -0.2) is 77.7 Å². The van der Waals surface area contributed by atoms with Crippen molar-refractivity contribution in [3.05, 3.63) is 0 Å². The number of hydrogen-bond acceptors (Lipinski definition) is 7.